The minimum Gasteiger partial charge on any atom is -0.497 e. The monoisotopic (exact) mass is 424 g/mol. The van der Waals surface area contributed by atoms with Crippen LogP contribution in [0.15, 0.2) is 59.7 Å². The number of benzene rings is 2. The Balaban J connectivity index is 1.52. The molecule has 0 radical (unpaired) electrons. The van der Waals surface area contributed by atoms with Crippen molar-refractivity contribution in [1.29, 1.82) is 0 Å². The molecule has 0 aliphatic heterocycles. The number of rotatable bonds is 7. The minimum absolute atomic E-state index is 0.0742. The van der Waals surface area contributed by atoms with E-state index >= 15 is 0 Å². The van der Waals surface area contributed by atoms with E-state index in [9.17, 15) is 14.3 Å². The van der Waals surface area contributed by atoms with Crippen LogP contribution in [0.2, 0.25) is 0 Å². The van der Waals surface area contributed by atoms with E-state index in [-0.39, 0.29) is 18.3 Å². The molecule has 162 valence electrons. The van der Waals surface area contributed by atoms with E-state index in [0.29, 0.717) is 22.6 Å². The maximum absolute atomic E-state index is 14.4. The van der Waals surface area contributed by atoms with Crippen molar-refractivity contribution in [3.63, 3.8) is 0 Å². The molecule has 0 bridgehead atoms. The van der Waals surface area contributed by atoms with Gasteiger partial charge < -0.3 is 19.7 Å². The number of halogens is 1. The summed E-state index contributed by atoms with van der Waals surface area (Å²) in [5, 5.41) is 19.0. The van der Waals surface area contributed by atoms with Gasteiger partial charge in [0.05, 0.1) is 19.6 Å². The summed E-state index contributed by atoms with van der Waals surface area (Å²) in [6.07, 6.45) is 3.79. The van der Waals surface area contributed by atoms with Gasteiger partial charge in [-0.1, -0.05) is 18.2 Å². The van der Waals surface area contributed by atoms with Crippen molar-refractivity contribution in [2.75, 3.05) is 7.11 Å². The third-order valence-electron chi connectivity index (χ3n) is 5.90. The first-order valence-corrected chi connectivity index (χ1v) is 10.4. The second-order valence-electron chi connectivity index (χ2n) is 7.90. The van der Waals surface area contributed by atoms with Crippen molar-refractivity contribution in [3.8, 4) is 11.5 Å². The molecule has 2 aliphatic carbocycles. The number of carbonyl (C=O) groups is 1. The number of aliphatic hydroxyl groups is 1. The fraction of sp³-hybridized carbons (Fsp3) is 0.320. The van der Waals surface area contributed by atoms with Gasteiger partial charge in [0.15, 0.2) is 0 Å². The van der Waals surface area contributed by atoms with Gasteiger partial charge in [0, 0.05) is 5.56 Å². The van der Waals surface area contributed by atoms with Gasteiger partial charge >= 0.3 is 5.97 Å². The first-order valence-electron chi connectivity index (χ1n) is 10.4. The van der Waals surface area contributed by atoms with Gasteiger partial charge in [0.1, 0.15) is 23.4 Å². The van der Waals surface area contributed by atoms with Gasteiger partial charge in [0.2, 0.25) is 0 Å². The van der Waals surface area contributed by atoms with Crippen molar-refractivity contribution < 1.29 is 28.9 Å². The Morgan fingerprint density at radius 1 is 1.16 bits per heavy atom. The summed E-state index contributed by atoms with van der Waals surface area (Å²) < 4.78 is 25.8. The number of methoxy groups -OCH3 is 1. The van der Waals surface area contributed by atoms with Gasteiger partial charge in [-0.15, -0.1) is 0 Å². The van der Waals surface area contributed by atoms with Crippen LogP contribution in [0.3, 0.4) is 0 Å². The predicted molar refractivity (Wildman–Crippen MR) is 114 cm³/mol. The normalized spacial score (nSPS) is 18.9. The predicted octanol–water partition coefficient (Wildman–Crippen LogP) is 5.06. The fourth-order valence-corrected chi connectivity index (χ4v) is 4.33. The highest BCUT2D eigenvalue weighted by molar-refractivity contribution is 5.72. The molecule has 2 aliphatic rings. The lowest BCUT2D eigenvalue weighted by Crippen LogP contribution is -2.17. The highest BCUT2D eigenvalue weighted by Crippen LogP contribution is 2.41. The van der Waals surface area contributed by atoms with Crippen molar-refractivity contribution in [1.82, 2.24) is 0 Å². The Labute approximate surface area is 180 Å². The van der Waals surface area contributed by atoms with Gasteiger partial charge in [-0.05, 0) is 78.3 Å². The van der Waals surface area contributed by atoms with E-state index in [1.165, 1.54) is 17.2 Å². The lowest BCUT2D eigenvalue weighted by molar-refractivity contribution is -0.139. The molecule has 0 spiro atoms. The van der Waals surface area contributed by atoms with Gasteiger partial charge in [-0.3, -0.25) is 4.79 Å². The first-order chi connectivity index (χ1) is 14.9. The molecule has 2 N–H and O–H groups in total. The van der Waals surface area contributed by atoms with E-state index < -0.39 is 12.1 Å². The quantitative estimate of drug-likeness (QED) is 0.650. The van der Waals surface area contributed by atoms with Gasteiger partial charge in [-0.25, -0.2) is 4.39 Å². The summed E-state index contributed by atoms with van der Waals surface area (Å²) in [6.45, 7) is 0. The molecule has 2 aromatic carbocycles. The summed E-state index contributed by atoms with van der Waals surface area (Å²) in [7, 11) is 1.57. The molecule has 0 amide bonds. The molecule has 0 fully saturated rings. The number of aliphatic hydroxyl groups excluding tert-OH is 1. The van der Waals surface area contributed by atoms with Crippen LogP contribution in [0.5, 0.6) is 11.5 Å². The number of aliphatic carboxylic acids is 1. The number of ether oxygens (including phenoxy) is 2. The van der Waals surface area contributed by atoms with E-state index in [1.54, 1.807) is 37.4 Å². The maximum Gasteiger partial charge on any atom is 0.306 e. The molecular formula is C25H25FO5. The van der Waals surface area contributed by atoms with Crippen LogP contribution < -0.4 is 9.47 Å². The minimum atomic E-state index is -1.07. The van der Waals surface area contributed by atoms with Crippen LogP contribution in [0.25, 0.3) is 5.57 Å². The molecule has 0 saturated carbocycles. The topological polar surface area (TPSA) is 76.0 Å². The average molecular weight is 424 g/mol. The van der Waals surface area contributed by atoms with Gasteiger partial charge in [0.25, 0.3) is 0 Å². The molecular weight excluding hydrogens is 399 g/mol. The lowest BCUT2D eigenvalue weighted by Gasteiger charge is -2.22. The zero-order chi connectivity index (χ0) is 22.0. The molecule has 0 heterocycles. The first kappa shape index (κ1) is 21.1. The van der Waals surface area contributed by atoms with Crippen LogP contribution in [-0.2, 0) is 4.79 Å². The summed E-state index contributed by atoms with van der Waals surface area (Å²) in [6, 6.07) is 11.7. The van der Waals surface area contributed by atoms with E-state index in [4.69, 9.17) is 14.6 Å². The van der Waals surface area contributed by atoms with Crippen molar-refractivity contribution in [3.05, 3.63) is 76.6 Å². The molecule has 4 rings (SSSR count). The third kappa shape index (κ3) is 4.64. The molecule has 2 atom stereocenters. The van der Waals surface area contributed by atoms with E-state index in [1.807, 2.05) is 6.07 Å². The van der Waals surface area contributed by atoms with Crippen molar-refractivity contribution in [2.45, 2.75) is 44.3 Å². The molecule has 2 aromatic rings. The maximum atomic E-state index is 14.4. The van der Waals surface area contributed by atoms with Crippen molar-refractivity contribution in [2.24, 2.45) is 0 Å². The SMILES string of the molecule is COc1ccc(F)c(C2=CC3=C(CC2)[C@H](Oc2cccc([C@H](O)CC(=O)O)c2)CC3)c1. The highest BCUT2D eigenvalue weighted by Gasteiger charge is 2.29. The Kier molecular flexibility index (Phi) is 6.09. The van der Waals surface area contributed by atoms with Crippen LogP contribution >= 0.6 is 0 Å². The zero-order valence-electron chi connectivity index (χ0n) is 17.3. The second-order valence-corrected chi connectivity index (χ2v) is 7.90. The van der Waals surface area contributed by atoms with Crippen LogP contribution in [-0.4, -0.2) is 29.4 Å². The molecule has 31 heavy (non-hydrogen) atoms. The smallest absolute Gasteiger partial charge is 0.306 e. The number of hydrogen-bond donors (Lipinski definition) is 2. The largest absolute Gasteiger partial charge is 0.497 e. The Hall–Kier alpha value is -3.12. The Morgan fingerprint density at radius 2 is 2.00 bits per heavy atom. The highest BCUT2D eigenvalue weighted by atomic mass is 19.1. The standard InChI is InChI=1S/C25H25FO5/c1-30-18-7-9-22(26)21(13-18)16-5-8-20-15(11-16)6-10-24(20)31-19-4-2-3-17(12-19)23(27)14-25(28)29/h2-4,7,9,11-13,23-24,27H,5-6,8,10,14H2,1H3,(H,28,29)/t23-,24-/m1/s1. The lowest BCUT2D eigenvalue weighted by atomic mass is 9.89. The van der Waals surface area contributed by atoms with Crippen LogP contribution in [0, 0.1) is 5.82 Å². The fourth-order valence-electron chi connectivity index (χ4n) is 4.33. The second kappa shape index (κ2) is 8.94. The summed E-state index contributed by atoms with van der Waals surface area (Å²) in [5.74, 6) is -0.0655. The average Bonchev–Trinajstić information content (AvgIpc) is 3.15. The Morgan fingerprint density at radius 3 is 2.77 bits per heavy atom. The number of allylic oxidation sites excluding steroid dienone is 3. The van der Waals surface area contributed by atoms with Crippen LogP contribution in [0.4, 0.5) is 4.39 Å². The zero-order valence-corrected chi connectivity index (χ0v) is 17.3. The summed E-state index contributed by atoms with van der Waals surface area (Å²) in [4.78, 5) is 10.9. The van der Waals surface area contributed by atoms with E-state index in [2.05, 4.69) is 6.08 Å². The number of carboxylic acid groups (broad SMARTS) is 1. The molecule has 0 saturated heterocycles. The van der Waals surface area contributed by atoms with Crippen molar-refractivity contribution >= 4 is 11.5 Å². The van der Waals surface area contributed by atoms with Gasteiger partial charge in [-0.2, -0.15) is 0 Å². The third-order valence-corrected chi connectivity index (χ3v) is 5.90. The summed E-state index contributed by atoms with van der Waals surface area (Å²) in [5.41, 5.74) is 4.48. The molecule has 0 unspecified atom stereocenters. The summed E-state index contributed by atoms with van der Waals surface area (Å²) >= 11 is 0. The van der Waals surface area contributed by atoms with Crippen LogP contribution in [0.1, 0.15) is 49.3 Å². The van der Waals surface area contributed by atoms with E-state index in [0.717, 1.165) is 31.3 Å². The Bertz CT molecular complexity index is 1060. The molecule has 5 nitrogen and oxygen atoms in total. The number of carboxylic acids is 1. The number of hydrogen-bond acceptors (Lipinski definition) is 4. The molecule has 0 aromatic heterocycles. The molecule has 6 heteroatoms.